The molecule has 0 aliphatic carbocycles. The molecule has 1 aromatic carbocycles. The summed E-state index contributed by atoms with van der Waals surface area (Å²) < 4.78 is 5.06. The first kappa shape index (κ1) is 21.3. The molecule has 2 N–H and O–H groups in total. The smallest absolute Gasteiger partial charge is 0.293 e. The Labute approximate surface area is 185 Å². The zero-order valence-corrected chi connectivity index (χ0v) is 18.3. The highest BCUT2D eigenvalue weighted by Gasteiger charge is 2.18. The highest BCUT2D eigenvalue weighted by atomic mass is 32.1. The predicted octanol–water partition coefficient (Wildman–Crippen LogP) is 4.54. The van der Waals surface area contributed by atoms with Crippen molar-refractivity contribution in [2.24, 2.45) is 0 Å². The maximum Gasteiger partial charge on any atom is 0.293 e. The summed E-state index contributed by atoms with van der Waals surface area (Å²) in [6, 6.07) is 11.9. The van der Waals surface area contributed by atoms with Crippen molar-refractivity contribution in [3.8, 4) is 0 Å². The van der Waals surface area contributed by atoms with Gasteiger partial charge in [-0.25, -0.2) is 4.98 Å². The number of likely N-dealkylation sites (tertiary alicyclic amines) is 1. The lowest BCUT2D eigenvalue weighted by Crippen LogP contribution is -2.36. The topological polar surface area (TPSA) is 87.5 Å². The van der Waals surface area contributed by atoms with E-state index in [1.54, 1.807) is 17.5 Å². The molecule has 162 valence electrons. The van der Waals surface area contributed by atoms with E-state index in [4.69, 9.17) is 4.42 Å². The van der Waals surface area contributed by atoms with Crippen molar-refractivity contribution in [1.29, 1.82) is 0 Å². The molecule has 1 aliphatic heterocycles. The Morgan fingerprint density at radius 2 is 2.03 bits per heavy atom. The molecule has 31 heavy (non-hydrogen) atoms. The second-order valence-electron chi connectivity index (χ2n) is 7.81. The number of thiazole rings is 1. The fourth-order valence-electron chi connectivity index (χ4n) is 3.70. The van der Waals surface area contributed by atoms with Crippen LogP contribution in [-0.2, 0) is 17.8 Å². The Bertz CT molecular complexity index is 1010. The lowest BCUT2D eigenvalue weighted by atomic mass is 10.0. The number of carbonyl (C=O) groups is 2. The fraction of sp³-hybridized carbons (Fsp3) is 0.348. The zero-order valence-electron chi connectivity index (χ0n) is 17.5. The lowest BCUT2D eigenvalue weighted by molar-refractivity contribution is -0.115. The first-order valence-electron chi connectivity index (χ1n) is 10.5. The molecule has 1 atom stereocenters. The highest BCUT2D eigenvalue weighted by molar-refractivity contribution is 7.14. The van der Waals surface area contributed by atoms with E-state index in [0.29, 0.717) is 16.9 Å². The van der Waals surface area contributed by atoms with E-state index in [2.05, 4.69) is 39.6 Å². The van der Waals surface area contributed by atoms with Gasteiger partial charge in [0.25, 0.3) is 5.91 Å². The second kappa shape index (κ2) is 9.89. The van der Waals surface area contributed by atoms with Crippen LogP contribution in [0.2, 0.25) is 0 Å². The van der Waals surface area contributed by atoms with Gasteiger partial charge in [0, 0.05) is 23.7 Å². The first-order valence-corrected chi connectivity index (χ1v) is 11.4. The molecule has 1 unspecified atom stereocenters. The number of piperidine rings is 1. The third-order valence-corrected chi connectivity index (χ3v) is 6.23. The van der Waals surface area contributed by atoms with Gasteiger partial charge >= 0.3 is 0 Å². The number of carbonyl (C=O) groups excluding carboxylic acids is 2. The number of rotatable bonds is 7. The SMILES string of the molecule is CC1CCCCN1Cc1ccc(NC(=O)Cc2csc(NC(=O)c3ccco3)n2)cc1. The van der Waals surface area contributed by atoms with Gasteiger partial charge < -0.3 is 9.73 Å². The van der Waals surface area contributed by atoms with E-state index in [9.17, 15) is 9.59 Å². The molecule has 2 aromatic heterocycles. The molecule has 1 fully saturated rings. The minimum atomic E-state index is -0.366. The normalized spacial score (nSPS) is 16.7. The number of hydrogen-bond donors (Lipinski definition) is 2. The number of nitrogens with zero attached hydrogens (tertiary/aromatic N) is 2. The maximum atomic E-state index is 12.4. The minimum absolute atomic E-state index is 0.139. The number of amides is 2. The number of aromatic nitrogens is 1. The maximum absolute atomic E-state index is 12.4. The summed E-state index contributed by atoms with van der Waals surface area (Å²) in [5, 5.41) is 7.78. The van der Waals surface area contributed by atoms with Crippen molar-refractivity contribution >= 4 is 34.0 Å². The van der Waals surface area contributed by atoms with Crippen molar-refractivity contribution in [2.75, 3.05) is 17.2 Å². The molecule has 7 nitrogen and oxygen atoms in total. The van der Waals surface area contributed by atoms with Gasteiger partial charge in [-0.15, -0.1) is 11.3 Å². The van der Waals surface area contributed by atoms with Gasteiger partial charge in [-0.3, -0.25) is 19.8 Å². The molecule has 8 heteroatoms. The predicted molar refractivity (Wildman–Crippen MR) is 121 cm³/mol. The van der Waals surface area contributed by atoms with Gasteiger partial charge in [-0.2, -0.15) is 0 Å². The van der Waals surface area contributed by atoms with Crippen LogP contribution in [0.1, 0.15) is 48.0 Å². The van der Waals surface area contributed by atoms with Crippen LogP contribution in [0.25, 0.3) is 0 Å². The molecule has 0 spiro atoms. The Morgan fingerprint density at radius 1 is 1.19 bits per heavy atom. The molecule has 4 rings (SSSR count). The van der Waals surface area contributed by atoms with Crippen LogP contribution in [0.3, 0.4) is 0 Å². The molecule has 1 aliphatic rings. The van der Waals surface area contributed by atoms with Crippen molar-refractivity contribution in [3.63, 3.8) is 0 Å². The lowest BCUT2D eigenvalue weighted by Gasteiger charge is -2.33. The van der Waals surface area contributed by atoms with Crippen LogP contribution in [0.4, 0.5) is 10.8 Å². The van der Waals surface area contributed by atoms with Gasteiger partial charge in [0.2, 0.25) is 5.91 Å². The number of furan rings is 1. The third kappa shape index (κ3) is 5.80. The van der Waals surface area contributed by atoms with E-state index in [0.717, 1.165) is 18.8 Å². The van der Waals surface area contributed by atoms with Crippen molar-refractivity contribution in [1.82, 2.24) is 9.88 Å². The summed E-state index contributed by atoms with van der Waals surface area (Å²) in [6.45, 7) is 4.39. The number of anilines is 2. The second-order valence-corrected chi connectivity index (χ2v) is 8.67. The molecule has 2 amide bonds. The van der Waals surface area contributed by atoms with Gasteiger partial charge in [0.15, 0.2) is 10.9 Å². The average molecular weight is 439 g/mol. The summed E-state index contributed by atoms with van der Waals surface area (Å²) in [6.07, 6.45) is 5.43. The Kier molecular flexibility index (Phi) is 6.79. The van der Waals surface area contributed by atoms with Crippen LogP contribution < -0.4 is 10.6 Å². The number of nitrogens with one attached hydrogen (secondary N) is 2. The molecule has 0 bridgehead atoms. The monoisotopic (exact) mass is 438 g/mol. The van der Waals surface area contributed by atoms with Crippen LogP contribution in [0, 0.1) is 0 Å². The van der Waals surface area contributed by atoms with Crippen LogP contribution in [-0.4, -0.2) is 34.3 Å². The Morgan fingerprint density at radius 3 is 2.77 bits per heavy atom. The van der Waals surface area contributed by atoms with Crippen LogP contribution >= 0.6 is 11.3 Å². The van der Waals surface area contributed by atoms with Crippen LogP contribution in [0.15, 0.2) is 52.5 Å². The Balaban J connectivity index is 1.27. The zero-order chi connectivity index (χ0) is 21.6. The molecular formula is C23H26N4O3S. The van der Waals surface area contributed by atoms with Gasteiger partial charge in [0.1, 0.15) is 0 Å². The van der Waals surface area contributed by atoms with Crippen molar-refractivity contribution in [3.05, 3.63) is 65.1 Å². The Hall–Kier alpha value is -2.97. The van der Waals surface area contributed by atoms with E-state index >= 15 is 0 Å². The van der Waals surface area contributed by atoms with Crippen molar-refractivity contribution < 1.29 is 14.0 Å². The van der Waals surface area contributed by atoms with E-state index in [1.807, 2.05) is 12.1 Å². The average Bonchev–Trinajstić information content (AvgIpc) is 3.43. The van der Waals surface area contributed by atoms with E-state index < -0.39 is 0 Å². The number of hydrogen-bond acceptors (Lipinski definition) is 6. The quantitative estimate of drug-likeness (QED) is 0.565. The fourth-order valence-corrected chi connectivity index (χ4v) is 4.41. The van der Waals surface area contributed by atoms with E-state index in [1.165, 1.54) is 42.4 Å². The van der Waals surface area contributed by atoms with E-state index in [-0.39, 0.29) is 24.0 Å². The summed E-state index contributed by atoms with van der Waals surface area (Å²) in [4.78, 5) is 31.2. The largest absolute Gasteiger partial charge is 0.459 e. The summed E-state index contributed by atoms with van der Waals surface area (Å²) in [7, 11) is 0. The molecule has 3 heterocycles. The van der Waals surface area contributed by atoms with Gasteiger partial charge in [-0.1, -0.05) is 18.6 Å². The third-order valence-electron chi connectivity index (χ3n) is 5.42. The number of benzene rings is 1. The molecule has 0 radical (unpaired) electrons. The minimum Gasteiger partial charge on any atom is -0.459 e. The van der Waals surface area contributed by atoms with Crippen LogP contribution in [0.5, 0.6) is 0 Å². The van der Waals surface area contributed by atoms with Gasteiger partial charge in [0.05, 0.1) is 18.4 Å². The molecule has 1 saturated heterocycles. The summed E-state index contributed by atoms with van der Waals surface area (Å²) in [5.74, 6) is -0.298. The summed E-state index contributed by atoms with van der Waals surface area (Å²) in [5.41, 5.74) is 2.62. The molecule has 0 saturated carbocycles. The van der Waals surface area contributed by atoms with Crippen molar-refractivity contribution in [2.45, 2.75) is 45.2 Å². The first-order chi connectivity index (χ1) is 15.1. The van der Waals surface area contributed by atoms with Gasteiger partial charge in [-0.05, 0) is 56.1 Å². The molecular weight excluding hydrogens is 412 g/mol. The molecule has 3 aromatic rings. The highest BCUT2D eigenvalue weighted by Crippen LogP contribution is 2.21. The summed E-state index contributed by atoms with van der Waals surface area (Å²) >= 11 is 1.27. The standard InChI is InChI=1S/C23H26N4O3S/c1-16-5-2-3-11-27(16)14-17-7-9-18(10-8-17)24-21(28)13-19-15-31-23(25-19)26-22(29)20-6-4-12-30-20/h4,6-10,12,15-16H,2-3,5,11,13-14H2,1H3,(H,24,28)(H,25,26,29).